The van der Waals surface area contributed by atoms with Crippen molar-refractivity contribution < 1.29 is 13.9 Å². The molecule has 0 aliphatic rings. The maximum atomic E-state index is 11.7. The first-order chi connectivity index (χ1) is 9.01. The molecule has 0 atom stereocenters. The zero-order valence-corrected chi connectivity index (χ0v) is 12.6. The highest BCUT2D eigenvalue weighted by Crippen LogP contribution is 2.34. The number of carbonyl (C=O) groups is 1. The van der Waals surface area contributed by atoms with Crippen molar-refractivity contribution in [3.05, 3.63) is 29.0 Å². The number of hydrogen-bond acceptors (Lipinski definition) is 4. The van der Waals surface area contributed by atoms with Crippen LogP contribution in [0.4, 0.5) is 0 Å². The summed E-state index contributed by atoms with van der Waals surface area (Å²) in [4.78, 5) is 12.7. The van der Waals surface area contributed by atoms with Crippen LogP contribution >= 0.6 is 23.4 Å². The maximum absolute atomic E-state index is 11.7. The number of fused-ring (bicyclic) bond motifs is 1. The third-order valence-electron chi connectivity index (χ3n) is 2.55. The predicted octanol–water partition coefficient (Wildman–Crippen LogP) is 4.30. The Morgan fingerprint density at radius 2 is 2.21 bits per heavy atom. The van der Waals surface area contributed by atoms with Gasteiger partial charge in [0.15, 0.2) is 0 Å². The largest absolute Gasteiger partial charge is 0.463 e. The number of thioether (sulfide) groups is 1. The van der Waals surface area contributed by atoms with E-state index in [2.05, 4.69) is 0 Å². The van der Waals surface area contributed by atoms with E-state index in [1.165, 1.54) is 0 Å². The van der Waals surface area contributed by atoms with Crippen molar-refractivity contribution in [3.63, 3.8) is 0 Å². The van der Waals surface area contributed by atoms with Gasteiger partial charge < -0.3 is 9.15 Å². The molecule has 0 amide bonds. The Hall–Kier alpha value is -1.13. The Bertz CT molecular complexity index is 604. The second-order valence-corrected chi connectivity index (χ2v) is 5.67. The lowest BCUT2D eigenvalue weighted by atomic mass is 10.2. The van der Waals surface area contributed by atoms with Crippen molar-refractivity contribution >= 4 is 40.3 Å². The van der Waals surface area contributed by atoms with Gasteiger partial charge in [0.05, 0.1) is 11.0 Å². The molecule has 1 aromatic carbocycles. The van der Waals surface area contributed by atoms with Crippen LogP contribution < -0.4 is 0 Å². The Balaban J connectivity index is 2.35. The molecule has 0 saturated heterocycles. The van der Waals surface area contributed by atoms with Gasteiger partial charge in [0, 0.05) is 10.4 Å². The fraction of sp³-hybridized carbons (Fsp3) is 0.357. The molecule has 1 aromatic heterocycles. The summed E-state index contributed by atoms with van der Waals surface area (Å²) in [7, 11) is 0. The topological polar surface area (TPSA) is 39.4 Å². The van der Waals surface area contributed by atoms with Crippen LogP contribution in [0.3, 0.4) is 0 Å². The normalized spacial score (nSPS) is 11.2. The second-order valence-electron chi connectivity index (χ2n) is 4.41. The van der Waals surface area contributed by atoms with E-state index in [1.807, 2.05) is 32.2 Å². The highest BCUT2D eigenvalue weighted by atomic mass is 35.5. The smallest absolute Gasteiger partial charge is 0.313 e. The third-order valence-corrected chi connectivity index (χ3v) is 3.64. The first-order valence-corrected chi connectivity index (χ1v) is 7.56. The summed E-state index contributed by atoms with van der Waals surface area (Å²) in [6.45, 7) is 3.65. The zero-order chi connectivity index (χ0) is 14.0. The Kier molecular flexibility index (Phi) is 4.42. The minimum Gasteiger partial charge on any atom is -0.463 e. The van der Waals surface area contributed by atoms with Crippen LogP contribution in [0.25, 0.3) is 11.0 Å². The van der Waals surface area contributed by atoms with Gasteiger partial charge in [0.2, 0.25) is 0 Å². The van der Waals surface area contributed by atoms with Crippen LogP contribution in [0.15, 0.2) is 27.5 Å². The van der Waals surface area contributed by atoms with Crippen molar-refractivity contribution in [2.75, 3.05) is 6.26 Å². The molecular formula is C14H15ClO3S. The quantitative estimate of drug-likeness (QED) is 0.623. The highest BCUT2D eigenvalue weighted by molar-refractivity contribution is 7.98. The lowest BCUT2D eigenvalue weighted by Crippen LogP contribution is -2.13. The SMILES string of the molecule is CSc1c(CC(=O)OC(C)C)oc2ccc(Cl)cc12. The molecule has 0 unspecified atom stereocenters. The minimum absolute atomic E-state index is 0.121. The number of ether oxygens (including phenoxy) is 1. The lowest BCUT2D eigenvalue weighted by Gasteiger charge is -2.06. The summed E-state index contributed by atoms with van der Waals surface area (Å²) in [6, 6.07) is 5.44. The van der Waals surface area contributed by atoms with Crippen LogP contribution in [0.2, 0.25) is 5.02 Å². The number of benzene rings is 1. The predicted molar refractivity (Wildman–Crippen MR) is 77.9 cm³/mol. The van der Waals surface area contributed by atoms with Crippen molar-refractivity contribution in [2.45, 2.75) is 31.3 Å². The van der Waals surface area contributed by atoms with Crippen LogP contribution in [0.5, 0.6) is 0 Å². The summed E-state index contributed by atoms with van der Waals surface area (Å²) in [5.74, 6) is 0.353. The molecular weight excluding hydrogens is 284 g/mol. The van der Waals surface area contributed by atoms with Crippen LogP contribution in [0.1, 0.15) is 19.6 Å². The molecule has 0 fully saturated rings. The summed E-state index contributed by atoms with van der Waals surface area (Å²) in [5, 5.41) is 1.59. The van der Waals surface area contributed by atoms with Crippen molar-refractivity contribution in [1.82, 2.24) is 0 Å². The van der Waals surface area contributed by atoms with Gasteiger partial charge in [0.1, 0.15) is 17.8 Å². The van der Waals surface area contributed by atoms with Crippen LogP contribution in [0, 0.1) is 0 Å². The van der Waals surface area contributed by atoms with Crippen molar-refractivity contribution in [2.24, 2.45) is 0 Å². The Morgan fingerprint density at radius 1 is 1.47 bits per heavy atom. The third kappa shape index (κ3) is 3.25. The number of furan rings is 1. The van der Waals surface area contributed by atoms with Crippen molar-refractivity contribution in [3.8, 4) is 0 Å². The number of esters is 1. The van der Waals surface area contributed by atoms with E-state index >= 15 is 0 Å². The fourth-order valence-electron chi connectivity index (χ4n) is 1.87. The van der Waals surface area contributed by atoms with E-state index < -0.39 is 0 Å². The van der Waals surface area contributed by atoms with Gasteiger partial charge in [-0.05, 0) is 38.3 Å². The standard InChI is InChI=1S/C14H15ClO3S/c1-8(2)17-13(16)7-12-14(19-3)10-6-9(15)4-5-11(10)18-12/h4-6,8H,7H2,1-3H3. The summed E-state index contributed by atoms with van der Waals surface area (Å²) < 4.78 is 10.9. The molecule has 0 radical (unpaired) electrons. The second kappa shape index (κ2) is 5.88. The summed E-state index contributed by atoms with van der Waals surface area (Å²) >= 11 is 7.53. The van der Waals surface area contributed by atoms with Gasteiger partial charge in [-0.15, -0.1) is 11.8 Å². The average Bonchev–Trinajstić information content (AvgIpc) is 2.64. The number of carbonyl (C=O) groups excluding carboxylic acids is 1. The molecule has 0 aliphatic carbocycles. The van der Waals surface area contributed by atoms with E-state index in [0.29, 0.717) is 10.8 Å². The van der Waals surface area contributed by atoms with Crippen LogP contribution in [-0.4, -0.2) is 18.3 Å². The molecule has 3 nitrogen and oxygen atoms in total. The number of hydrogen-bond donors (Lipinski definition) is 0. The molecule has 0 saturated carbocycles. The monoisotopic (exact) mass is 298 g/mol. The van der Waals surface area contributed by atoms with E-state index in [1.54, 1.807) is 17.8 Å². The van der Waals surface area contributed by atoms with E-state index in [0.717, 1.165) is 15.9 Å². The van der Waals surface area contributed by atoms with Gasteiger partial charge in [-0.2, -0.15) is 0 Å². The lowest BCUT2D eigenvalue weighted by molar-refractivity contribution is -0.146. The van der Waals surface area contributed by atoms with Gasteiger partial charge in [-0.1, -0.05) is 11.6 Å². The number of rotatable bonds is 4. The molecule has 5 heteroatoms. The maximum Gasteiger partial charge on any atom is 0.313 e. The molecule has 0 N–H and O–H groups in total. The highest BCUT2D eigenvalue weighted by Gasteiger charge is 2.18. The van der Waals surface area contributed by atoms with Crippen LogP contribution in [-0.2, 0) is 16.0 Å². The minimum atomic E-state index is -0.282. The first-order valence-electron chi connectivity index (χ1n) is 5.95. The molecule has 0 spiro atoms. The molecule has 2 aromatic rings. The Morgan fingerprint density at radius 3 is 2.84 bits per heavy atom. The fourth-order valence-corrected chi connectivity index (χ4v) is 2.77. The van der Waals surface area contributed by atoms with E-state index in [4.69, 9.17) is 20.8 Å². The van der Waals surface area contributed by atoms with Gasteiger partial charge in [-0.3, -0.25) is 4.79 Å². The molecule has 102 valence electrons. The Labute approximate surface area is 121 Å². The first kappa shape index (κ1) is 14.3. The summed E-state index contributed by atoms with van der Waals surface area (Å²) in [6.07, 6.45) is 1.97. The molecule has 1 heterocycles. The summed E-state index contributed by atoms with van der Waals surface area (Å²) in [5.41, 5.74) is 0.737. The number of halogens is 1. The molecule has 0 bridgehead atoms. The van der Waals surface area contributed by atoms with Gasteiger partial charge in [0.25, 0.3) is 0 Å². The molecule has 19 heavy (non-hydrogen) atoms. The molecule has 2 rings (SSSR count). The van der Waals surface area contributed by atoms with E-state index in [9.17, 15) is 4.79 Å². The van der Waals surface area contributed by atoms with Gasteiger partial charge >= 0.3 is 5.97 Å². The van der Waals surface area contributed by atoms with Gasteiger partial charge in [-0.25, -0.2) is 0 Å². The zero-order valence-electron chi connectivity index (χ0n) is 11.0. The van der Waals surface area contributed by atoms with E-state index in [-0.39, 0.29) is 18.5 Å². The molecule has 0 aliphatic heterocycles. The average molecular weight is 299 g/mol. The van der Waals surface area contributed by atoms with Crippen molar-refractivity contribution in [1.29, 1.82) is 0 Å².